The molecule has 8 nitrogen and oxygen atoms in total. The van der Waals surface area contributed by atoms with Gasteiger partial charge in [-0.25, -0.2) is 19.8 Å². The first-order valence-corrected chi connectivity index (χ1v) is 18.6. The summed E-state index contributed by atoms with van der Waals surface area (Å²) in [7, 11) is 0. The van der Waals surface area contributed by atoms with Crippen LogP contribution in [-0.4, -0.2) is 22.3 Å². The third-order valence-corrected chi connectivity index (χ3v) is 11.1. The highest BCUT2D eigenvalue weighted by Crippen LogP contribution is 2.55. The third kappa shape index (κ3) is 7.01. The fourth-order valence-corrected chi connectivity index (χ4v) is 7.89. The summed E-state index contributed by atoms with van der Waals surface area (Å²) in [5.74, 6) is -1.39. The van der Waals surface area contributed by atoms with Crippen LogP contribution < -0.4 is 10.0 Å². The van der Waals surface area contributed by atoms with Crippen LogP contribution in [0, 0.1) is 5.41 Å². The molecule has 7 rings (SSSR count). The first kappa shape index (κ1) is 38.5. The Bertz CT molecular complexity index is 2020. The Kier molecular flexibility index (Phi) is 11.1. The van der Waals surface area contributed by atoms with Crippen molar-refractivity contribution in [1.29, 1.82) is 0 Å². The minimum atomic E-state index is -2.20. The zero-order valence-electron chi connectivity index (χ0n) is 28.9. The van der Waals surface area contributed by atoms with E-state index >= 15 is 9.59 Å². The molecule has 1 fully saturated rings. The van der Waals surface area contributed by atoms with Crippen molar-refractivity contribution in [3.63, 3.8) is 0 Å². The van der Waals surface area contributed by atoms with E-state index in [2.05, 4.69) is 0 Å². The summed E-state index contributed by atoms with van der Waals surface area (Å²) in [6.45, 7) is 0. The SMILES string of the molecule is O=C1N(c2ccccc2)N(c2ccccc2)C(=O)C1(CC(OO)(c1ccc(Cl)cc1)c1ccc(Cl)cc1)CC(OO)(c1ccc(Cl)cc1)c1ccc(Cl)cc1. The van der Waals surface area contributed by atoms with Gasteiger partial charge in [0.1, 0.15) is 5.41 Å². The molecule has 6 aromatic rings. The molecule has 1 saturated heterocycles. The lowest BCUT2D eigenvalue weighted by Gasteiger charge is -2.42. The number of hydrogen-bond donors (Lipinski definition) is 2. The van der Waals surface area contributed by atoms with Crippen LogP contribution in [0.2, 0.25) is 20.1 Å². The number of halogens is 4. The zero-order chi connectivity index (χ0) is 38.8. The average molecular weight is 815 g/mol. The normalized spacial score (nSPS) is 14.4. The standard InChI is InChI=1S/C43H32Cl4N2O6/c44-33-19-11-29(12-20-33)42(54-52,30-13-21-34(45)22-14-30)27-41(28-43(55-53,31-15-23-35(46)24-16-31)32-17-25-36(47)26-18-32)39(50)48(37-7-3-1-4-8-37)49(40(41)51)38-9-5-2-6-10-38/h1-26,52-53H,27-28H2. The fraction of sp³-hybridized carbons (Fsp3) is 0.116. The van der Waals surface area contributed by atoms with Crippen LogP contribution in [-0.2, 0) is 30.6 Å². The summed E-state index contributed by atoms with van der Waals surface area (Å²) >= 11 is 25.4. The Morgan fingerprint density at radius 2 is 0.691 bits per heavy atom. The van der Waals surface area contributed by atoms with Crippen LogP contribution in [0.25, 0.3) is 0 Å². The predicted octanol–water partition coefficient (Wildman–Crippen LogP) is 11.2. The van der Waals surface area contributed by atoms with Gasteiger partial charge in [-0.15, -0.1) is 0 Å². The summed E-state index contributed by atoms with van der Waals surface area (Å²) in [5, 5.41) is 26.7. The minimum Gasteiger partial charge on any atom is -0.271 e. The summed E-state index contributed by atoms with van der Waals surface area (Å²) < 4.78 is 0. The number of nitrogens with zero attached hydrogens (tertiary/aromatic N) is 2. The van der Waals surface area contributed by atoms with Crippen LogP contribution in [0.15, 0.2) is 158 Å². The summed E-state index contributed by atoms with van der Waals surface area (Å²) in [6.07, 6.45) is -1.03. The molecule has 1 heterocycles. The molecule has 1 aliphatic heterocycles. The maximum atomic E-state index is 15.9. The van der Waals surface area contributed by atoms with Gasteiger partial charge in [-0.05, 0) is 95.1 Å². The fourth-order valence-electron chi connectivity index (χ4n) is 7.39. The van der Waals surface area contributed by atoms with Crippen LogP contribution >= 0.6 is 46.4 Å². The van der Waals surface area contributed by atoms with Crippen molar-refractivity contribution >= 4 is 69.6 Å². The number of carbonyl (C=O) groups excluding carboxylic acids is 2. The van der Waals surface area contributed by atoms with E-state index in [4.69, 9.17) is 56.2 Å². The molecule has 0 spiro atoms. The molecule has 0 saturated carbocycles. The average Bonchev–Trinajstić information content (AvgIpc) is 3.42. The number of benzene rings is 6. The van der Waals surface area contributed by atoms with Gasteiger partial charge in [0, 0.05) is 32.9 Å². The highest BCUT2D eigenvalue weighted by molar-refractivity contribution is 6.31. The van der Waals surface area contributed by atoms with Gasteiger partial charge < -0.3 is 0 Å². The van der Waals surface area contributed by atoms with Crippen molar-refractivity contribution in [1.82, 2.24) is 0 Å². The number of para-hydroxylation sites is 2. The molecule has 278 valence electrons. The molecule has 6 aromatic carbocycles. The van der Waals surface area contributed by atoms with Crippen molar-refractivity contribution in [2.24, 2.45) is 5.41 Å². The van der Waals surface area contributed by atoms with E-state index in [1.807, 2.05) is 0 Å². The van der Waals surface area contributed by atoms with E-state index in [0.717, 1.165) is 0 Å². The Morgan fingerprint density at radius 3 is 0.927 bits per heavy atom. The highest BCUT2D eigenvalue weighted by atomic mass is 35.5. The molecule has 0 bridgehead atoms. The van der Waals surface area contributed by atoms with Gasteiger partial charge in [0.25, 0.3) is 11.8 Å². The molecular formula is C43H32Cl4N2O6. The molecular weight excluding hydrogens is 782 g/mol. The lowest BCUT2D eigenvalue weighted by Crippen LogP contribution is -2.50. The molecule has 0 atom stereocenters. The number of hydrazine groups is 1. The van der Waals surface area contributed by atoms with E-state index in [1.165, 1.54) is 10.0 Å². The first-order chi connectivity index (χ1) is 26.6. The van der Waals surface area contributed by atoms with Gasteiger partial charge in [0.2, 0.25) is 0 Å². The van der Waals surface area contributed by atoms with Crippen molar-refractivity contribution in [3.8, 4) is 0 Å². The van der Waals surface area contributed by atoms with Crippen molar-refractivity contribution in [2.45, 2.75) is 24.0 Å². The monoisotopic (exact) mass is 812 g/mol. The largest absolute Gasteiger partial charge is 0.271 e. The molecule has 2 N–H and O–H groups in total. The van der Waals surface area contributed by atoms with Gasteiger partial charge in [-0.3, -0.25) is 20.1 Å². The Morgan fingerprint density at radius 1 is 0.436 bits per heavy atom. The van der Waals surface area contributed by atoms with Gasteiger partial charge >= 0.3 is 0 Å². The predicted molar refractivity (Wildman–Crippen MR) is 214 cm³/mol. The summed E-state index contributed by atoms with van der Waals surface area (Å²) in [4.78, 5) is 42.9. The van der Waals surface area contributed by atoms with E-state index < -0.39 is 41.3 Å². The topological polar surface area (TPSA) is 99.5 Å². The van der Waals surface area contributed by atoms with E-state index in [9.17, 15) is 10.5 Å². The Hall–Kier alpha value is -4.74. The quantitative estimate of drug-likeness (QED) is 0.0725. The van der Waals surface area contributed by atoms with E-state index in [1.54, 1.807) is 158 Å². The second-order valence-corrected chi connectivity index (χ2v) is 15.0. The smallest absolute Gasteiger partial charge is 0.262 e. The van der Waals surface area contributed by atoms with Crippen LogP contribution in [0.5, 0.6) is 0 Å². The number of anilines is 2. The molecule has 55 heavy (non-hydrogen) atoms. The Balaban J connectivity index is 1.56. The minimum absolute atomic E-state index is 0.361. The molecule has 0 radical (unpaired) electrons. The number of rotatable bonds is 12. The summed E-state index contributed by atoms with van der Waals surface area (Å²) in [6, 6.07) is 43.5. The number of amides is 2. The van der Waals surface area contributed by atoms with Crippen LogP contribution in [0.1, 0.15) is 35.1 Å². The Labute approximate surface area is 337 Å². The van der Waals surface area contributed by atoms with Gasteiger partial charge in [-0.2, -0.15) is 0 Å². The molecule has 0 aliphatic carbocycles. The van der Waals surface area contributed by atoms with Crippen molar-refractivity contribution < 1.29 is 29.9 Å². The van der Waals surface area contributed by atoms with Gasteiger partial charge in [0.15, 0.2) is 11.2 Å². The first-order valence-electron chi connectivity index (χ1n) is 17.1. The van der Waals surface area contributed by atoms with Crippen LogP contribution in [0.3, 0.4) is 0 Å². The second kappa shape index (κ2) is 15.8. The maximum Gasteiger partial charge on any atom is 0.262 e. The van der Waals surface area contributed by atoms with E-state index in [-0.39, 0.29) is 0 Å². The second-order valence-electron chi connectivity index (χ2n) is 13.2. The molecule has 12 heteroatoms. The van der Waals surface area contributed by atoms with Gasteiger partial charge in [0.05, 0.1) is 11.4 Å². The van der Waals surface area contributed by atoms with Crippen molar-refractivity contribution in [2.75, 3.05) is 10.0 Å². The maximum absolute atomic E-state index is 15.9. The lowest BCUT2D eigenvalue weighted by atomic mass is 9.64. The third-order valence-electron chi connectivity index (χ3n) is 10.1. The molecule has 1 aliphatic rings. The lowest BCUT2D eigenvalue weighted by molar-refractivity contribution is -0.331. The van der Waals surface area contributed by atoms with Gasteiger partial charge in [-0.1, -0.05) is 131 Å². The molecule has 0 unspecified atom stereocenters. The highest BCUT2D eigenvalue weighted by Gasteiger charge is 2.66. The van der Waals surface area contributed by atoms with Crippen molar-refractivity contribution in [3.05, 3.63) is 200 Å². The zero-order valence-corrected chi connectivity index (χ0v) is 31.9. The van der Waals surface area contributed by atoms with E-state index in [0.29, 0.717) is 53.7 Å². The van der Waals surface area contributed by atoms with Crippen LogP contribution in [0.4, 0.5) is 11.4 Å². The number of hydrogen-bond acceptors (Lipinski definition) is 6. The molecule has 0 aromatic heterocycles. The molecule has 2 amide bonds. The number of carbonyl (C=O) groups is 2. The summed E-state index contributed by atoms with van der Waals surface area (Å²) in [5.41, 5.74) is -3.83.